The molecular weight excluding hydrogens is 239 g/mol. The van der Waals surface area contributed by atoms with E-state index in [-0.39, 0.29) is 5.30 Å². The van der Waals surface area contributed by atoms with Gasteiger partial charge in [-0.3, -0.25) is 9.12 Å². The van der Waals surface area contributed by atoms with E-state index < -0.39 is 29.4 Å². The molecule has 0 aliphatic rings. The van der Waals surface area contributed by atoms with Crippen LogP contribution in [0.15, 0.2) is 30.3 Å². The number of hydrogen-bond donors (Lipinski definition) is 2. The molecule has 1 rings (SSSR count). The van der Waals surface area contributed by atoms with E-state index in [1.807, 2.05) is 0 Å². The first kappa shape index (κ1) is 12.4. The Balaban J connectivity index is 2.82. The van der Waals surface area contributed by atoms with Crippen LogP contribution < -0.4 is 5.30 Å². The van der Waals surface area contributed by atoms with E-state index in [1.54, 1.807) is 18.2 Å². The summed E-state index contributed by atoms with van der Waals surface area (Å²) in [5, 5.41) is 0.189. The Labute approximate surface area is 88.0 Å². The minimum absolute atomic E-state index is 0.189. The monoisotopic (exact) mass is 250 g/mol. The first-order chi connectivity index (χ1) is 6.81. The number of rotatable bonds is 4. The van der Waals surface area contributed by atoms with Gasteiger partial charge in [-0.25, -0.2) is 0 Å². The van der Waals surface area contributed by atoms with E-state index in [2.05, 4.69) is 0 Å². The van der Waals surface area contributed by atoms with Crippen molar-refractivity contribution in [2.24, 2.45) is 0 Å². The highest BCUT2D eigenvalue weighted by Crippen LogP contribution is 2.38. The van der Waals surface area contributed by atoms with Crippen molar-refractivity contribution in [2.45, 2.75) is 0 Å². The summed E-state index contributed by atoms with van der Waals surface area (Å²) in [5.74, 6) is -0.713. The average Bonchev–Trinajstić information content (AvgIpc) is 2.16. The molecule has 0 spiro atoms. The quantitative estimate of drug-likeness (QED) is 0.598. The van der Waals surface area contributed by atoms with Crippen LogP contribution in [0.3, 0.4) is 0 Å². The van der Waals surface area contributed by atoms with Crippen molar-refractivity contribution >= 4 is 22.8 Å². The van der Waals surface area contributed by atoms with Gasteiger partial charge in [-0.2, -0.15) is 8.42 Å². The van der Waals surface area contributed by atoms with Gasteiger partial charge in [0.2, 0.25) is 7.37 Å². The lowest BCUT2D eigenvalue weighted by Gasteiger charge is -2.10. The van der Waals surface area contributed by atoms with Crippen LogP contribution in [0.1, 0.15) is 0 Å². The Hall–Kier alpha value is -0.680. The third kappa shape index (κ3) is 4.13. The summed E-state index contributed by atoms with van der Waals surface area (Å²) in [6, 6.07) is 7.76. The van der Waals surface area contributed by atoms with Crippen LogP contribution in [0.5, 0.6) is 0 Å². The average molecular weight is 250 g/mol. The molecule has 15 heavy (non-hydrogen) atoms. The van der Waals surface area contributed by atoms with Crippen LogP contribution in [0.25, 0.3) is 0 Å². The zero-order valence-electron chi connectivity index (χ0n) is 7.78. The van der Waals surface area contributed by atoms with E-state index in [0.717, 1.165) is 0 Å². The van der Waals surface area contributed by atoms with E-state index in [4.69, 9.17) is 4.55 Å². The molecule has 0 aliphatic carbocycles. The maximum atomic E-state index is 11.6. The van der Waals surface area contributed by atoms with Crippen LogP contribution >= 0.6 is 7.37 Å². The summed E-state index contributed by atoms with van der Waals surface area (Å²) in [5.41, 5.74) is 0. The van der Waals surface area contributed by atoms with Crippen molar-refractivity contribution < 1.29 is 22.4 Å². The van der Waals surface area contributed by atoms with Gasteiger partial charge in [0.1, 0.15) is 0 Å². The molecule has 0 saturated heterocycles. The zero-order valence-corrected chi connectivity index (χ0v) is 9.49. The molecule has 0 saturated carbocycles. The van der Waals surface area contributed by atoms with Gasteiger partial charge < -0.3 is 4.89 Å². The second kappa shape index (κ2) is 4.45. The summed E-state index contributed by atoms with van der Waals surface area (Å²) >= 11 is 0. The summed E-state index contributed by atoms with van der Waals surface area (Å²) in [7, 11) is -7.88. The fraction of sp³-hybridized carbons (Fsp3) is 0.250. The molecule has 2 N–H and O–H groups in total. The van der Waals surface area contributed by atoms with Crippen molar-refractivity contribution in [1.82, 2.24) is 0 Å². The van der Waals surface area contributed by atoms with E-state index in [1.165, 1.54) is 12.1 Å². The largest absolute Gasteiger partial charge is 0.341 e. The van der Waals surface area contributed by atoms with Crippen LogP contribution in [-0.4, -0.2) is 29.8 Å². The van der Waals surface area contributed by atoms with Gasteiger partial charge in [0.05, 0.1) is 5.75 Å². The highest BCUT2D eigenvalue weighted by Gasteiger charge is 2.23. The lowest BCUT2D eigenvalue weighted by Crippen LogP contribution is -2.14. The van der Waals surface area contributed by atoms with Crippen molar-refractivity contribution in [3.05, 3.63) is 30.3 Å². The molecule has 0 bridgehead atoms. The molecule has 1 aromatic rings. The smallest absolute Gasteiger partial charge is 0.265 e. The lowest BCUT2D eigenvalue weighted by molar-refractivity contribution is 0.475. The summed E-state index contributed by atoms with van der Waals surface area (Å²) in [6.45, 7) is 0. The highest BCUT2D eigenvalue weighted by molar-refractivity contribution is 7.86. The fourth-order valence-corrected chi connectivity index (χ4v) is 3.84. The predicted molar refractivity (Wildman–Crippen MR) is 57.2 cm³/mol. The molecular formula is C8H11O5PS. The maximum Gasteiger partial charge on any atom is 0.265 e. The zero-order chi connectivity index (χ0) is 11.5. The second-order valence-electron chi connectivity index (χ2n) is 3.05. The number of hydrogen-bond acceptors (Lipinski definition) is 3. The van der Waals surface area contributed by atoms with Crippen LogP contribution in [-0.2, 0) is 14.7 Å². The third-order valence-corrected chi connectivity index (χ3v) is 4.77. The van der Waals surface area contributed by atoms with Gasteiger partial charge in [-0.15, -0.1) is 0 Å². The van der Waals surface area contributed by atoms with Gasteiger partial charge in [-0.05, 0) is 12.1 Å². The second-order valence-corrected chi connectivity index (χ2v) is 6.99. The molecule has 1 atom stereocenters. The van der Waals surface area contributed by atoms with E-state index in [0.29, 0.717) is 0 Å². The Morgan fingerprint density at radius 3 is 2.20 bits per heavy atom. The summed E-state index contributed by atoms with van der Waals surface area (Å²) < 4.78 is 41.0. The molecule has 0 fully saturated rings. The first-order valence-corrected chi connectivity index (χ1v) is 7.59. The molecule has 7 heteroatoms. The normalized spacial score (nSPS) is 15.9. The minimum Gasteiger partial charge on any atom is -0.341 e. The Morgan fingerprint density at radius 1 is 1.20 bits per heavy atom. The van der Waals surface area contributed by atoms with Crippen LogP contribution in [0.4, 0.5) is 0 Å². The van der Waals surface area contributed by atoms with Gasteiger partial charge in [0.15, 0.2) is 0 Å². The standard InChI is InChI=1S/C8H11O5PS/c9-14(10,6-7-15(11,12)13)8-4-2-1-3-5-8/h1-5H,6-7H2,(H,9,10)(H,11,12,13). The molecule has 84 valence electrons. The molecule has 0 radical (unpaired) electrons. The van der Waals surface area contributed by atoms with E-state index >= 15 is 0 Å². The molecule has 5 nitrogen and oxygen atoms in total. The Bertz CT molecular complexity index is 467. The van der Waals surface area contributed by atoms with Crippen molar-refractivity contribution in [3.8, 4) is 0 Å². The Morgan fingerprint density at radius 2 is 1.73 bits per heavy atom. The molecule has 1 aromatic carbocycles. The highest BCUT2D eigenvalue weighted by atomic mass is 32.2. The van der Waals surface area contributed by atoms with Crippen LogP contribution in [0, 0.1) is 0 Å². The number of benzene rings is 1. The topological polar surface area (TPSA) is 91.7 Å². The SMILES string of the molecule is O=P(O)(CCS(=O)(=O)O)c1ccccc1. The first-order valence-electron chi connectivity index (χ1n) is 4.14. The van der Waals surface area contributed by atoms with Gasteiger partial charge in [0.25, 0.3) is 10.1 Å². The minimum atomic E-state index is -4.20. The maximum absolute atomic E-state index is 11.6. The summed E-state index contributed by atoms with van der Waals surface area (Å²) in [4.78, 5) is 9.53. The summed E-state index contributed by atoms with van der Waals surface area (Å²) in [6.07, 6.45) is -0.476. The van der Waals surface area contributed by atoms with Gasteiger partial charge in [0, 0.05) is 11.5 Å². The van der Waals surface area contributed by atoms with Crippen LogP contribution in [0.2, 0.25) is 0 Å². The predicted octanol–water partition coefficient (Wildman–Crippen LogP) is 0.470. The lowest BCUT2D eigenvalue weighted by atomic mass is 10.4. The Kier molecular flexibility index (Phi) is 3.67. The van der Waals surface area contributed by atoms with Gasteiger partial charge in [-0.1, -0.05) is 18.2 Å². The van der Waals surface area contributed by atoms with Crippen molar-refractivity contribution in [3.63, 3.8) is 0 Å². The van der Waals surface area contributed by atoms with Crippen molar-refractivity contribution in [1.29, 1.82) is 0 Å². The van der Waals surface area contributed by atoms with Gasteiger partial charge >= 0.3 is 0 Å². The molecule has 0 heterocycles. The van der Waals surface area contributed by atoms with E-state index in [9.17, 15) is 17.9 Å². The molecule has 0 aromatic heterocycles. The van der Waals surface area contributed by atoms with Crippen molar-refractivity contribution in [2.75, 3.05) is 11.9 Å². The molecule has 0 aliphatic heterocycles. The third-order valence-electron chi connectivity index (χ3n) is 1.81. The molecule has 0 amide bonds. The fourth-order valence-electron chi connectivity index (χ4n) is 1.03. The molecule has 1 unspecified atom stereocenters.